The standard InChI is InChI=1S/C6H6FNO4S2/c7-14(10,11)12-4-2-8-5(9)1-6(8)13-3-4/h2,6H,1,3H2/t6-/m1/s1. The molecule has 2 aliphatic heterocycles. The summed E-state index contributed by atoms with van der Waals surface area (Å²) in [6, 6.07) is 0. The minimum absolute atomic E-state index is 0.0529. The van der Waals surface area contributed by atoms with Crippen molar-refractivity contribution in [3.8, 4) is 0 Å². The smallest absolute Gasteiger partial charge is 0.360 e. The van der Waals surface area contributed by atoms with E-state index in [1.165, 1.54) is 22.9 Å². The average Bonchev–Trinajstić information content (AvgIpc) is 2.04. The first kappa shape index (κ1) is 9.78. The summed E-state index contributed by atoms with van der Waals surface area (Å²) in [5.41, 5.74) is 0. The predicted octanol–water partition coefficient (Wildman–Crippen LogP) is 0.364. The highest BCUT2D eigenvalue weighted by atomic mass is 32.3. The van der Waals surface area contributed by atoms with Crippen molar-refractivity contribution in [3.05, 3.63) is 12.0 Å². The van der Waals surface area contributed by atoms with Crippen molar-refractivity contribution >= 4 is 28.2 Å². The van der Waals surface area contributed by atoms with Gasteiger partial charge < -0.3 is 9.08 Å². The van der Waals surface area contributed by atoms with Crippen LogP contribution in [0.3, 0.4) is 0 Å². The molecule has 1 amide bonds. The van der Waals surface area contributed by atoms with Crippen LogP contribution in [0.1, 0.15) is 6.42 Å². The molecule has 2 aliphatic rings. The number of nitrogens with zero attached hydrogens (tertiary/aromatic N) is 1. The van der Waals surface area contributed by atoms with E-state index in [4.69, 9.17) is 0 Å². The molecule has 2 rings (SSSR count). The third kappa shape index (κ3) is 1.85. The Morgan fingerprint density at radius 2 is 2.36 bits per heavy atom. The highest BCUT2D eigenvalue weighted by Crippen LogP contribution is 2.36. The number of hydrogen-bond donors (Lipinski definition) is 0. The Morgan fingerprint density at radius 1 is 1.64 bits per heavy atom. The maximum atomic E-state index is 12.1. The lowest BCUT2D eigenvalue weighted by Gasteiger charge is -2.40. The van der Waals surface area contributed by atoms with Gasteiger partial charge >= 0.3 is 10.5 Å². The molecule has 1 atom stereocenters. The fraction of sp³-hybridized carbons (Fsp3) is 0.500. The molecule has 0 aliphatic carbocycles. The number of rotatable bonds is 2. The van der Waals surface area contributed by atoms with Crippen LogP contribution >= 0.6 is 11.8 Å². The first-order valence-electron chi connectivity index (χ1n) is 3.73. The topological polar surface area (TPSA) is 63.7 Å². The summed E-state index contributed by atoms with van der Waals surface area (Å²) >= 11 is 1.35. The number of thioether (sulfide) groups is 1. The maximum absolute atomic E-state index is 12.1. The van der Waals surface area contributed by atoms with E-state index in [1.807, 2.05) is 0 Å². The molecule has 8 heteroatoms. The number of hydrogen-bond acceptors (Lipinski definition) is 5. The summed E-state index contributed by atoms with van der Waals surface area (Å²) < 4.78 is 36.4. The lowest BCUT2D eigenvalue weighted by atomic mass is 10.2. The number of amides is 1. The zero-order valence-electron chi connectivity index (χ0n) is 6.84. The van der Waals surface area contributed by atoms with E-state index in [-0.39, 0.29) is 22.8 Å². The lowest BCUT2D eigenvalue weighted by Crippen LogP contribution is -2.49. The fourth-order valence-electron chi connectivity index (χ4n) is 1.24. The fourth-order valence-corrected chi connectivity index (χ4v) is 2.76. The van der Waals surface area contributed by atoms with Gasteiger partial charge in [-0.1, -0.05) is 3.89 Å². The van der Waals surface area contributed by atoms with Crippen LogP contribution in [0.5, 0.6) is 0 Å². The normalized spacial score (nSPS) is 26.4. The number of carbonyl (C=O) groups is 1. The SMILES string of the molecule is O=C1C[C@H]2SCC(OS(=O)(=O)F)=CN12. The molecule has 78 valence electrons. The summed E-state index contributed by atoms with van der Waals surface area (Å²) in [6.07, 6.45) is 1.68. The van der Waals surface area contributed by atoms with Crippen LogP contribution < -0.4 is 0 Å². The van der Waals surface area contributed by atoms with E-state index >= 15 is 0 Å². The summed E-state index contributed by atoms with van der Waals surface area (Å²) in [5, 5.41) is 0.0529. The Hall–Kier alpha value is -0.760. The van der Waals surface area contributed by atoms with Gasteiger partial charge in [0.05, 0.1) is 17.5 Å². The van der Waals surface area contributed by atoms with Crippen LogP contribution in [0, 0.1) is 0 Å². The molecule has 0 radical (unpaired) electrons. The Morgan fingerprint density at radius 3 is 2.93 bits per heavy atom. The highest BCUT2D eigenvalue weighted by Gasteiger charge is 2.39. The van der Waals surface area contributed by atoms with E-state index in [2.05, 4.69) is 4.18 Å². The van der Waals surface area contributed by atoms with Crippen molar-refractivity contribution in [2.45, 2.75) is 11.8 Å². The molecule has 0 saturated carbocycles. The van der Waals surface area contributed by atoms with Gasteiger partial charge in [-0.25, -0.2) is 0 Å². The highest BCUT2D eigenvalue weighted by molar-refractivity contribution is 8.00. The molecular weight excluding hydrogens is 233 g/mol. The molecule has 0 aromatic rings. The van der Waals surface area contributed by atoms with Gasteiger partial charge in [0.1, 0.15) is 5.76 Å². The first-order chi connectivity index (χ1) is 6.46. The second kappa shape index (κ2) is 3.13. The van der Waals surface area contributed by atoms with Gasteiger partial charge in [0.25, 0.3) is 0 Å². The van der Waals surface area contributed by atoms with Crippen LogP contribution in [-0.4, -0.2) is 30.4 Å². The summed E-state index contributed by atoms with van der Waals surface area (Å²) in [7, 11) is -4.98. The molecule has 1 saturated heterocycles. The molecule has 0 unspecified atom stereocenters. The van der Waals surface area contributed by atoms with Crippen LogP contribution in [-0.2, 0) is 19.5 Å². The number of halogens is 1. The zero-order valence-corrected chi connectivity index (χ0v) is 8.48. The predicted molar refractivity (Wildman–Crippen MR) is 46.9 cm³/mol. The summed E-state index contributed by atoms with van der Waals surface area (Å²) in [5.74, 6) is 0.0961. The largest absolute Gasteiger partial charge is 0.488 e. The lowest BCUT2D eigenvalue weighted by molar-refractivity contribution is -0.137. The summed E-state index contributed by atoms with van der Waals surface area (Å²) in [4.78, 5) is 12.3. The third-order valence-electron chi connectivity index (χ3n) is 1.86. The van der Waals surface area contributed by atoms with Gasteiger partial charge in [0.15, 0.2) is 0 Å². The number of fused-ring (bicyclic) bond motifs is 1. The minimum atomic E-state index is -4.98. The number of β-lactam (4-membered cyclic amide) rings is 1. The van der Waals surface area contributed by atoms with E-state index < -0.39 is 10.5 Å². The molecule has 1 fully saturated rings. The van der Waals surface area contributed by atoms with E-state index in [0.29, 0.717) is 6.42 Å². The molecule has 0 aromatic heterocycles. The van der Waals surface area contributed by atoms with Gasteiger partial charge in [-0.2, -0.15) is 8.42 Å². The maximum Gasteiger partial charge on any atom is 0.488 e. The average molecular weight is 239 g/mol. The van der Waals surface area contributed by atoms with Crippen LogP contribution in [0.25, 0.3) is 0 Å². The number of carbonyl (C=O) groups excluding carboxylic acids is 1. The molecule has 5 nitrogen and oxygen atoms in total. The molecular formula is C6H6FNO4S2. The first-order valence-corrected chi connectivity index (χ1v) is 6.09. The van der Waals surface area contributed by atoms with E-state index in [1.54, 1.807) is 0 Å². The van der Waals surface area contributed by atoms with Crippen molar-refractivity contribution in [1.82, 2.24) is 4.90 Å². The molecule has 0 spiro atoms. The van der Waals surface area contributed by atoms with Gasteiger partial charge in [-0.05, 0) is 0 Å². The second-order valence-corrected chi connectivity index (χ2v) is 4.96. The Labute approximate surface area is 84.3 Å². The van der Waals surface area contributed by atoms with Crippen LogP contribution in [0.15, 0.2) is 12.0 Å². The monoisotopic (exact) mass is 239 g/mol. The van der Waals surface area contributed by atoms with Crippen molar-refractivity contribution < 1.29 is 21.3 Å². The van der Waals surface area contributed by atoms with Crippen LogP contribution in [0.2, 0.25) is 0 Å². The third-order valence-corrected chi connectivity index (χ3v) is 3.50. The van der Waals surface area contributed by atoms with Crippen molar-refractivity contribution in [2.75, 3.05) is 5.75 Å². The van der Waals surface area contributed by atoms with E-state index in [9.17, 15) is 17.1 Å². The van der Waals surface area contributed by atoms with Gasteiger partial charge in [0, 0.05) is 6.20 Å². The quantitative estimate of drug-likeness (QED) is 0.514. The molecule has 2 heterocycles. The second-order valence-electron chi connectivity index (χ2n) is 2.84. The van der Waals surface area contributed by atoms with Gasteiger partial charge in [-0.3, -0.25) is 4.79 Å². The molecule has 14 heavy (non-hydrogen) atoms. The van der Waals surface area contributed by atoms with Gasteiger partial charge in [-0.15, -0.1) is 11.8 Å². The van der Waals surface area contributed by atoms with Crippen LogP contribution in [0.4, 0.5) is 3.89 Å². The zero-order chi connectivity index (χ0) is 10.3. The summed E-state index contributed by atoms with van der Waals surface area (Å²) in [6.45, 7) is 0. The van der Waals surface area contributed by atoms with Crippen molar-refractivity contribution in [3.63, 3.8) is 0 Å². The molecule has 0 bridgehead atoms. The molecule has 0 N–H and O–H groups in total. The van der Waals surface area contributed by atoms with Gasteiger partial charge in [0.2, 0.25) is 5.91 Å². The van der Waals surface area contributed by atoms with Crippen molar-refractivity contribution in [2.24, 2.45) is 0 Å². The molecule has 0 aromatic carbocycles. The van der Waals surface area contributed by atoms with E-state index in [0.717, 1.165) is 0 Å². The Bertz CT molecular complexity index is 404. The minimum Gasteiger partial charge on any atom is -0.360 e. The van der Waals surface area contributed by atoms with Crippen molar-refractivity contribution in [1.29, 1.82) is 0 Å². The Balaban J connectivity index is 2.11. The Kier molecular flexibility index (Phi) is 2.18.